The zero-order chi connectivity index (χ0) is 13.5. The maximum absolute atomic E-state index is 12.5. The van der Waals surface area contributed by atoms with Gasteiger partial charge in [0.1, 0.15) is 0 Å². The normalized spacial score (nSPS) is 17.3. The van der Waals surface area contributed by atoms with Crippen LogP contribution in [0.4, 0.5) is 0 Å². The molecule has 1 saturated carbocycles. The minimum absolute atomic E-state index is 0. The largest absolute Gasteiger partial charge is 0.329 e. The molecular weight excluding hydrogens is 311 g/mol. The molecule has 0 aliphatic heterocycles. The lowest BCUT2D eigenvalue weighted by Crippen LogP contribution is -2.43. The Morgan fingerprint density at radius 1 is 1.63 bits per heavy atom. The highest BCUT2D eigenvalue weighted by molar-refractivity contribution is 7.89. The van der Waals surface area contributed by atoms with Gasteiger partial charge in [0.2, 0.25) is 0 Å². The molecule has 1 fully saturated rings. The van der Waals surface area contributed by atoms with Crippen molar-refractivity contribution in [3.05, 3.63) is 11.2 Å². The van der Waals surface area contributed by atoms with Gasteiger partial charge in [0.05, 0.1) is 11.2 Å². The molecule has 1 heterocycles. The smallest absolute Gasteiger partial charge is 0.261 e. The van der Waals surface area contributed by atoms with Crippen molar-refractivity contribution in [2.45, 2.75) is 23.9 Å². The predicted octanol–water partition coefficient (Wildman–Crippen LogP) is 0.853. The van der Waals surface area contributed by atoms with E-state index in [-0.39, 0.29) is 28.5 Å². The van der Waals surface area contributed by atoms with Crippen molar-refractivity contribution in [1.29, 1.82) is 0 Å². The first-order chi connectivity index (χ1) is 8.39. The lowest BCUT2D eigenvalue weighted by molar-refractivity contribution is 0.338. The number of sulfonamides is 1. The van der Waals surface area contributed by atoms with Crippen LogP contribution in [-0.4, -0.2) is 42.1 Å². The van der Waals surface area contributed by atoms with Crippen molar-refractivity contribution in [3.8, 4) is 0 Å². The second kappa shape index (κ2) is 5.97. The Kier molecular flexibility index (Phi) is 5.25. The van der Waals surface area contributed by atoms with Crippen LogP contribution in [0.3, 0.4) is 0 Å². The van der Waals surface area contributed by atoms with Gasteiger partial charge in [-0.25, -0.2) is 8.42 Å². The van der Waals surface area contributed by atoms with Crippen molar-refractivity contribution in [1.82, 2.24) is 14.1 Å². The van der Waals surface area contributed by atoms with Crippen LogP contribution in [-0.2, 0) is 17.1 Å². The van der Waals surface area contributed by atoms with Crippen molar-refractivity contribution in [2.75, 3.05) is 13.6 Å². The predicted molar refractivity (Wildman–Crippen MR) is 76.0 cm³/mol. The molecule has 1 aliphatic carbocycles. The fraction of sp³-hybridized carbons (Fsp3) is 0.700. The number of aryl methyl sites for hydroxylation is 1. The Bertz CT molecular complexity index is 522. The van der Waals surface area contributed by atoms with Gasteiger partial charge >= 0.3 is 0 Å². The molecule has 110 valence electrons. The number of nitrogens with two attached hydrogens (primary N) is 1. The summed E-state index contributed by atoms with van der Waals surface area (Å²) in [5, 5.41) is 4.01. The Morgan fingerprint density at radius 3 is 2.58 bits per heavy atom. The Hall–Kier alpha value is -0.340. The van der Waals surface area contributed by atoms with Gasteiger partial charge in [-0.15, -0.1) is 12.4 Å². The number of halogens is 2. The van der Waals surface area contributed by atoms with Gasteiger partial charge in [-0.1, -0.05) is 11.6 Å². The molecule has 1 aromatic heterocycles. The topological polar surface area (TPSA) is 81.2 Å². The van der Waals surface area contributed by atoms with Gasteiger partial charge in [-0.3, -0.25) is 4.68 Å². The molecular formula is C10H18Cl2N4O2S. The van der Waals surface area contributed by atoms with Gasteiger partial charge in [-0.05, 0) is 18.8 Å². The second-order valence-corrected chi connectivity index (χ2v) is 6.90. The lowest BCUT2D eigenvalue weighted by atomic mass is 10.2. The third-order valence-corrected chi connectivity index (χ3v) is 5.73. The minimum atomic E-state index is -3.65. The van der Waals surface area contributed by atoms with Crippen molar-refractivity contribution >= 4 is 34.0 Å². The molecule has 1 atom stereocenters. The minimum Gasteiger partial charge on any atom is -0.329 e. The second-order valence-electron chi connectivity index (χ2n) is 4.58. The van der Waals surface area contributed by atoms with E-state index in [1.165, 1.54) is 15.2 Å². The Labute approximate surface area is 124 Å². The summed E-state index contributed by atoms with van der Waals surface area (Å²) in [6.45, 7) is 0.315. The average molecular weight is 329 g/mol. The summed E-state index contributed by atoms with van der Waals surface area (Å²) in [6.07, 6.45) is 3.39. The highest BCUT2D eigenvalue weighted by Gasteiger charge is 2.39. The van der Waals surface area contributed by atoms with E-state index in [4.69, 9.17) is 17.3 Å². The van der Waals surface area contributed by atoms with E-state index in [2.05, 4.69) is 5.10 Å². The zero-order valence-electron chi connectivity index (χ0n) is 10.8. The molecule has 9 heteroatoms. The molecule has 6 nitrogen and oxygen atoms in total. The number of hydrogen-bond acceptors (Lipinski definition) is 4. The molecule has 2 N–H and O–H groups in total. The SMILES string of the molecule is CN(C(CN)C1CC1)S(=O)(=O)c1c(Cl)cnn1C.Cl. The van der Waals surface area contributed by atoms with E-state index in [1.54, 1.807) is 14.1 Å². The summed E-state index contributed by atoms with van der Waals surface area (Å²) in [5.74, 6) is 0.363. The highest BCUT2D eigenvalue weighted by Crippen LogP contribution is 2.36. The summed E-state index contributed by atoms with van der Waals surface area (Å²) in [4.78, 5) is 0. The summed E-state index contributed by atoms with van der Waals surface area (Å²) >= 11 is 5.90. The van der Waals surface area contributed by atoms with Gasteiger partial charge in [0, 0.05) is 26.7 Å². The molecule has 0 radical (unpaired) electrons. The average Bonchev–Trinajstić information content (AvgIpc) is 3.06. The van der Waals surface area contributed by atoms with Crippen LogP contribution in [0.15, 0.2) is 11.2 Å². The molecule has 1 aromatic rings. The van der Waals surface area contributed by atoms with E-state index < -0.39 is 10.0 Å². The number of hydrogen-bond donors (Lipinski definition) is 1. The van der Waals surface area contributed by atoms with E-state index in [0.717, 1.165) is 12.8 Å². The van der Waals surface area contributed by atoms with E-state index in [0.29, 0.717) is 12.5 Å². The van der Waals surface area contributed by atoms with Crippen molar-refractivity contribution in [2.24, 2.45) is 18.7 Å². The van der Waals surface area contributed by atoms with Crippen LogP contribution in [0.5, 0.6) is 0 Å². The third-order valence-electron chi connectivity index (χ3n) is 3.34. The Morgan fingerprint density at radius 2 is 2.21 bits per heavy atom. The first-order valence-corrected chi connectivity index (χ1v) is 7.57. The fourth-order valence-corrected chi connectivity index (χ4v) is 4.15. The molecule has 0 aromatic carbocycles. The van der Waals surface area contributed by atoms with Crippen LogP contribution < -0.4 is 5.73 Å². The molecule has 19 heavy (non-hydrogen) atoms. The van der Waals surface area contributed by atoms with Crippen LogP contribution in [0.2, 0.25) is 5.02 Å². The molecule has 0 amide bonds. The summed E-state index contributed by atoms with van der Waals surface area (Å²) < 4.78 is 27.6. The van der Waals surface area contributed by atoms with Crippen LogP contribution in [0.1, 0.15) is 12.8 Å². The maximum Gasteiger partial charge on any atom is 0.261 e. The van der Waals surface area contributed by atoms with E-state index in [9.17, 15) is 8.42 Å². The van der Waals surface area contributed by atoms with E-state index >= 15 is 0 Å². The van der Waals surface area contributed by atoms with Gasteiger partial charge in [0.15, 0.2) is 5.03 Å². The number of likely N-dealkylation sites (N-methyl/N-ethyl adjacent to an activating group) is 1. The number of nitrogens with zero attached hydrogens (tertiary/aromatic N) is 3. The lowest BCUT2D eigenvalue weighted by Gasteiger charge is -2.26. The molecule has 0 spiro atoms. The standard InChI is InChI=1S/C10H17ClN4O2S.ClH/c1-14-10(8(11)6-13-14)18(16,17)15(2)9(5-12)7-3-4-7;/h6-7,9H,3-5,12H2,1-2H3;1H. The Balaban J connectivity index is 0.00000180. The van der Waals surface area contributed by atoms with Crippen molar-refractivity contribution < 1.29 is 8.42 Å². The third kappa shape index (κ3) is 3.05. The summed E-state index contributed by atoms with van der Waals surface area (Å²) in [5.41, 5.74) is 5.68. The fourth-order valence-electron chi connectivity index (χ4n) is 2.12. The van der Waals surface area contributed by atoms with Crippen LogP contribution >= 0.6 is 24.0 Å². The van der Waals surface area contributed by atoms with E-state index in [1.807, 2.05) is 0 Å². The quantitative estimate of drug-likeness (QED) is 0.868. The van der Waals surface area contributed by atoms with Crippen LogP contribution in [0, 0.1) is 5.92 Å². The van der Waals surface area contributed by atoms with Gasteiger partial charge < -0.3 is 5.73 Å². The van der Waals surface area contributed by atoms with Crippen LogP contribution in [0.25, 0.3) is 0 Å². The molecule has 2 rings (SSSR count). The first kappa shape index (κ1) is 16.7. The number of rotatable bonds is 5. The summed E-state index contributed by atoms with van der Waals surface area (Å²) in [6, 6.07) is -0.166. The molecule has 0 bridgehead atoms. The molecule has 1 unspecified atom stereocenters. The van der Waals surface area contributed by atoms with Crippen molar-refractivity contribution in [3.63, 3.8) is 0 Å². The monoisotopic (exact) mass is 328 g/mol. The highest BCUT2D eigenvalue weighted by atomic mass is 35.5. The summed E-state index contributed by atoms with van der Waals surface area (Å²) in [7, 11) is -0.545. The maximum atomic E-state index is 12.5. The van der Waals surface area contributed by atoms with Gasteiger partial charge in [0.25, 0.3) is 10.0 Å². The molecule has 0 saturated heterocycles. The number of aromatic nitrogens is 2. The van der Waals surface area contributed by atoms with Gasteiger partial charge in [-0.2, -0.15) is 9.40 Å². The zero-order valence-corrected chi connectivity index (χ0v) is 13.2. The molecule has 1 aliphatic rings. The first-order valence-electron chi connectivity index (χ1n) is 5.75.